The van der Waals surface area contributed by atoms with Gasteiger partial charge in [0.1, 0.15) is 5.69 Å². The lowest BCUT2D eigenvalue weighted by molar-refractivity contribution is 0.115. The number of methoxy groups -OCH3 is 1. The van der Waals surface area contributed by atoms with E-state index in [0.717, 1.165) is 0 Å². The molecular formula is C7H9ClN2O. The van der Waals surface area contributed by atoms with Crippen LogP contribution >= 0.6 is 11.6 Å². The molecule has 0 spiro atoms. The van der Waals surface area contributed by atoms with E-state index in [2.05, 4.69) is 9.97 Å². The Kier molecular flexibility index (Phi) is 2.79. The van der Waals surface area contributed by atoms with E-state index in [9.17, 15) is 0 Å². The summed E-state index contributed by atoms with van der Waals surface area (Å²) in [6, 6.07) is 0. The molecule has 0 N–H and O–H groups in total. The van der Waals surface area contributed by atoms with Crippen LogP contribution in [0.15, 0.2) is 12.4 Å². The number of halogens is 1. The number of ether oxygens (including phenoxy) is 1. The van der Waals surface area contributed by atoms with E-state index in [1.54, 1.807) is 19.5 Å². The Hall–Kier alpha value is -0.670. The summed E-state index contributed by atoms with van der Waals surface area (Å²) in [6.07, 6.45) is 3.04. The quantitative estimate of drug-likeness (QED) is 0.683. The molecule has 0 radical (unpaired) electrons. The van der Waals surface area contributed by atoms with Crippen LogP contribution in [0.2, 0.25) is 5.15 Å². The molecule has 0 aromatic carbocycles. The van der Waals surface area contributed by atoms with Gasteiger partial charge in [-0.05, 0) is 6.92 Å². The lowest BCUT2D eigenvalue weighted by Crippen LogP contribution is -2.00. The summed E-state index contributed by atoms with van der Waals surface area (Å²) in [6.45, 7) is 1.87. The molecule has 0 aliphatic heterocycles. The highest BCUT2D eigenvalue weighted by molar-refractivity contribution is 6.30. The third-order valence-electron chi connectivity index (χ3n) is 1.42. The molecule has 11 heavy (non-hydrogen) atoms. The Bertz CT molecular complexity index is 242. The molecule has 3 nitrogen and oxygen atoms in total. The summed E-state index contributed by atoms with van der Waals surface area (Å²) in [5.41, 5.74) is 0.677. The Labute approximate surface area is 70.4 Å². The van der Waals surface area contributed by atoms with Crippen molar-refractivity contribution in [1.29, 1.82) is 0 Å². The van der Waals surface area contributed by atoms with Crippen LogP contribution < -0.4 is 0 Å². The highest BCUT2D eigenvalue weighted by Gasteiger charge is 2.09. The molecule has 4 heteroatoms. The average Bonchev–Trinajstić information content (AvgIpc) is 2.04. The van der Waals surface area contributed by atoms with Gasteiger partial charge in [-0.25, -0.2) is 4.98 Å². The lowest BCUT2D eigenvalue weighted by atomic mass is 10.3. The predicted octanol–water partition coefficient (Wildman–Crippen LogP) is 1.84. The van der Waals surface area contributed by atoms with Gasteiger partial charge in [0.15, 0.2) is 5.15 Å². The van der Waals surface area contributed by atoms with Crippen molar-refractivity contribution in [2.45, 2.75) is 13.0 Å². The molecule has 1 heterocycles. The highest BCUT2D eigenvalue weighted by atomic mass is 35.5. The number of rotatable bonds is 2. The Morgan fingerprint density at radius 2 is 2.09 bits per heavy atom. The summed E-state index contributed by atoms with van der Waals surface area (Å²) < 4.78 is 5.03. The molecule has 1 unspecified atom stereocenters. The molecule has 1 aromatic heterocycles. The van der Waals surface area contributed by atoms with Crippen molar-refractivity contribution in [2.24, 2.45) is 0 Å². The summed E-state index contributed by atoms with van der Waals surface area (Å²) in [5.74, 6) is 0. The zero-order chi connectivity index (χ0) is 8.27. The first-order chi connectivity index (χ1) is 5.25. The van der Waals surface area contributed by atoms with E-state index in [-0.39, 0.29) is 6.10 Å². The normalized spacial score (nSPS) is 13.0. The molecule has 0 bridgehead atoms. The van der Waals surface area contributed by atoms with Crippen molar-refractivity contribution < 1.29 is 4.74 Å². The second kappa shape index (κ2) is 3.64. The van der Waals surface area contributed by atoms with Crippen LogP contribution in [0, 0.1) is 0 Å². The Morgan fingerprint density at radius 3 is 2.64 bits per heavy atom. The number of hydrogen-bond donors (Lipinski definition) is 0. The van der Waals surface area contributed by atoms with Crippen molar-refractivity contribution in [3.05, 3.63) is 23.2 Å². The molecule has 0 aliphatic rings. The fraction of sp³-hybridized carbons (Fsp3) is 0.429. The van der Waals surface area contributed by atoms with Crippen molar-refractivity contribution in [2.75, 3.05) is 7.11 Å². The van der Waals surface area contributed by atoms with Gasteiger partial charge < -0.3 is 4.74 Å². The van der Waals surface area contributed by atoms with Crippen LogP contribution in [0.3, 0.4) is 0 Å². The number of hydrogen-bond acceptors (Lipinski definition) is 3. The highest BCUT2D eigenvalue weighted by Crippen LogP contribution is 2.19. The maximum Gasteiger partial charge on any atom is 0.153 e. The number of aromatic nitrogens is 2. The van der Waals surface area contributed by atoms with E-state index in [1.807, 2.05) is 6.92 Å². The third-order valence-corrected chi connectivity index (χ3v) is 1.71. The van der Waals surface area contributed by atoms with Crippen molar-refractivity contribution in [1.82, 2.24) is 9.97 Å². The standard InChI is InChI=1S/C7H9ClN2O/c1-5(11-2)6-7(8)10-4-3-9-6/h3-5H,1-2H3. The first-order valence-electron chi connectivity index (χ1n) is 3.25. The van der Waals surface area contributed by atoms with Gasteiger partial charge in [0.25, 0.3) is 0 Å². The fourth-order valence-electron chi connectivity index (χ4n) is 0.716. The SMILES string of the molecule is COC(C)c1nccnc1Cl. The average molecular weight is 173 g/mol. The van der Waals surface area contributed by atoms with Gasteiger partial charge in [0, 0.05) is 19.5 Å². The molecule has 0 amide bonds. The molecule has 1 atom stereocenters. The molecule has 1 aromatic rings. The zero-order valence-corrected chi connectivity index (χ0v) is 7.17. The molecule has 60 valence electrons. The van der Waals surface area contributed by atoms with Crippen LogP contribution in [0.4, 0.5) is 0 Å². The molecule has 0 saturated heterocycles. The molecule has 0 saturated carbocycles. The van der Waals surface area contributed by atoms with E-state index in [4.69, 9.17) is 16.3 Å². The molecular weight excluding hydrogens is 164 g/mol. The van der Waals surface area contributed by atoms with Gasteiger partial charge in [0.2, 0.25) is 0 Å². The minimum atomic E-state index is -0.101. The third kappa shape index (κ3) is 1.88. The molecule has 1 rings (SSSR count). The van der Waals surface area contributed by atoms with Crippen LogP contribution in [0.1, 0.15) is 18.7 Å². The second-order valence-corrected chi connectivity index (χ2v) is 2.47. The monoisotopic (exact) mass is 172 g/mol. The van der Waals surface area contributed by atoms with Gasteiger partial charge in [-0.15, -0.1) is 0 Å². The minimum Gasteiger partial charge on any atom is -0.375 e. The van der Waals surface area contributed by atoms with Crippen molar-refractivity contribution in [3.63, 3.8) is 0 Å². The van der Waals surface area contributed by atoms with Crippen LogP contribution in [-0.4, -0.2) is 17.1 Å². The van der Waals surface area contributed by atoms with Crippen LogP contribution in [-0.2, 0) is 4.74 Å². The summed E-state index contributed by atoms with van der Waals surface area (Å²) >= 11 is 5.74. The van der Waals surface area contributed by atoms with Gasteiger partial charge in [-0.3, -0.25) is 4.98 Å². The van der Waals surface area contributed by atoms with Crippen LogP contribution in [0.5, 0.6) is 0 Å². The van der Waals surface area contributed by atoms with E-state index >= 15 is 0 Å². The first-order valence-corrected chi connectivity index (χ1v) is 3.62. The fourth-order valence-corrected chi connectivity index (χ4v) is 0.975. The maximum atomic E-state index is 5.74. The van der Waals surface area contributed by atoms with E-state index in [1.165, 1.54) is 0 Å². The smallest absolute Gasteiger partial charge is 0.153 e. The van der Waals surface area contributed by atoms with Gasteiger partial charge in [-0.1, -0.05) is 11.6 Å². The maximum absolute atomic E-state index is 5.74. The van der Waals surface area contributed by atoms with Gasteiger partial charge in [0.05, 0.1) is 6.10 Å². The van der Waals surface area contributed by atoms with Crippen molar-refractivity contribution >= 4 is 11.6 Å². The molecule has 0 fully saturated rings. The molecule has 0 aliphatic carbocycles. The second-order valence-electron chi connectivity index (χ2n) is 2.11. The van der Waals surface area contributed by atoms with Crippen LogP contribution in [0.25, 0.3) is 0 Å². The first kappa shape index (κ1) is 8.43. The van der Waals surface area contributed by atoms with Gasteiger partial charge >= 0.3 is 0 Å². The van der Waals surface area contributed by atoms with Gasteiger partial charge in [-0.2, -0.15) is 0 Å². The summed E-state index contributed by atoms with van der Waals surface area (Å²) in [7, 11) is 1.61. The largest absolute Gasteiger partial charge is 0.375 e. The Morgan fingerprint density at radius 1 is 1.45 bits per heavy atom. The van der Waals surface area contributed by atoms with E-state index < -0.39 is 0 Å². The Balaban J connectivity index is 2.93. The lowest BCUT2D eigenvalue weighted by Gasteiger charge is -2.08. The predicted molar refractivity (Wildman–Crippen MR) is 42.5 cm³/mol. The zero-order valence-electron chi connectivity index (χ0n) is 6.41. The minimum absolute atomic E-state index is 0.101. The topological polar surface area (TPSA) is 35.0 Å². The number of nitrogens with zero attached hydrogens (tertiary/aromatic N) is 2. The summed E-state index contributed by atoms with van der Waals surface area (Å²) in [4.78, 5) is 7.90. The summed E-state index contributed by atoms with van der Waals surface area (Å²) in [5, 5.41) is 0.404. The van der Waals surface area contributed by atoms with E-state index in [0.29, 0.717) is 10.8 Å². The van der Waals surface area contributed by atoms with Crippen molar-refractivity contribution in [3.8, 4) is 0 Å².